The van der Waals surface area contributed by atoms with Crippen LogP contribution in [0.25, 0.3) is 122 Å². The third kappa shape index (κ3) is 5.08. The van der Waals surface area contributed by atoms with E-state index in [0.29, 0.717) is 17.5 Å². The molecule has 6 nitrogen and oxygen atoms in total. The van der Waals surface area contributed by atoms with Gasteiger partial charge in [0.25, 0.3) is 0 Å². The van der Waals surface area contributed by atoms with Gasteiger partial charge < -0.3 is 13.3 Å². The molecule has 0 atom stereocenters. The minimum atomic E-state index is 0.535. The molecule has 0 unspecified atom stereocenters. The number of rotatable bonds is 5. The van der Waals surface area contributed by atoms with Gasteiger partial charge in [0.1, 0.15) is 33.5 Å². The van der Waals surface area contributed by atoms with Gasteiger partial charge >= 0.3 is 0 Å². The SMILES string of the molecule is c1ccc(-c2cc(-c3ccc4oc5cc(-c6nc(-c7ccccc7)nc(-c7cccc8c7oc7ccccc78)n6)ccc5c4c3)c3oc4ccccc4c3c2)cc1. The fraction of sp³-hybridized carbons (Fsp3) is 0. The summed E-state index contributed by atoms with van der Waals surface area (Å²) >= 11 is 0. The zero-order valence-electron chi connectivity index (χ0n) is 30.3. The van der Waals surface area contributed by atoms with Crippen molar-refractivity contribution in [2.75, 3.05) is 0 Å². The number of hydrogen-bond donors (Lipinski definition) is 0. The summed E-state index contributed by atoms with van der Waals surface area (Å²) in [6.45, 7) is 0. The molecule has 0 radical (unpaired) electrons. The summed E-state index contributed by atoms with van der Waals surface area (Å²) in [5.41, 5.74) is 11.7. The maximum Gasteiger partial charge on any atom is 0.167 e. The lowest BCUT2D eigenvalue weighted by Crippen LogP contribution is -2.00. The van der Waals surface area contributed by atoms with Crippen LogP contribution in [0.15, 0.2) is 189 Å². The molecule has 12 aromatic rings. The third-order valence-electron chi connectivity index (χ3n) is 10.9. The Morgan fingerprint density at radius 2 is 0.825 bits per heavy atom. The number of para-hydroxylation sites is 3. The average molecular weight is 732 g/mol. The molecule has 0 amide bonds. The summed E-state index contributed by atoms with van der Waals surface area (Å²) in [6, 6.07) is 59.9. The topological polar surface area (TPSA) is 78.1 Å². The predicted molar refractivity (Wildman–Crippen MR) is 229 cm³/mol. The van der Waals surface area contributed by atoms with Crippen LogP contribution in [0, 0.1) is 0 Å². The molecule has 0 aliphatic carbocycles. The highest BCUT2D eigenvalue weighted by Gasteiger charge is 2.20. The summed E-state index contributed by atoms with van der Waals surface area (Å²) in [4.78, 5) is 15.1. The van der Waals surface area contributed by atoms with Crippen LogP contribution < -0.4 is 0 Å². The van der Waals surface area contributed by atoms with Gasteiger partial charge in [-0.1, -0.05) is 121 Å². The Kier molecular flexibility index (Phi) is 6.83. The molecule has 0 aliphatic rings. The Morgan fingerprint density at radius 1 is 0.263 bits per heavy atom. The van der Waals surface area contributed by atoms with E-state index in [1.807, 2.05) is 84.9 Å². The second-order valence-electron chi connectivity index (χ2n) is 14.3. The van der Waals surface area contributed by atoms with Crippen molar-refractivity contribution < 1.29 is 13.3 Å². The molecule has 6 heteroatoms. The van der Waals surface area contributed by atoms with E-state index in [4.69, 9.17) is 28.2 Å². The van der Waals surface area contributed by atoms with Crippen molar-refractivity contribution in [1.29, 1.82) is 0 Å². The lowest BCUT2D eigenvalue weighted by molar-refractivity contribution is 0.668. The van der Waals surface area contributed by atoms with Crippen LogP contribution >= 0.6 is 0 Å². The zero-order chi connectivity index (χ0) is 37.5. The summed E-state index contributed by atoms with van der Waals surface area (Å²) < 4.78 is 19.5. The number of benzene rings is 8. The number of nitrogens with zero attached hydrogens (tertiary/aromatic N) is 3. The van der Waals surface area contributed by atoms with Gasteiger partial charge in [-0.05, 0) is 71.3 Å². The first kappa shape index (κ1) is 31.5. The minimum Gasteiger partial charge on any atom is -0.456 e. The third-order valence-corrected chi connectivity index (χ3v) is 10.9. The molecule has 57 heavy (non-hydrogen) atoms. The van der Waals surface area contributed by atoms with Crippen LogP contribution in [0.2, 0.25) is 0 Å². The lowest BCUT2D eigenvalue weighted by Gasteiger charge is -2.09. The Hall–Kier alpha value is -7.83. The van der Waals surface area contributed by atoms with E-state index >= 15 is 0 Å². The van der Waals surface area contributed by atoms with Gasteiger partial charge in [0.2, 0.25) is 0 Å². The van der Waals surface area contributed by atoms with E-state index in [0.717, 1.165) is 105 Å². The Balaban J connectivity index is 1.01. The summed E-state index contributed by atoms with van der Waals surface area (Å²) in [7, 11) is 0. The van der Waals surface area contributed by atoms with E-state index in [2.05, 4.69) is 91.0 Å². The van der Waals surface area contributed by atoms with Crippen LogP contribution in [0.3, 0.4) is 0 Å². The smallest absolute Gasteiger partial charge is 0.167 e. The molecule has 266 valence electrons. The lowest BCUT2D eigenvalue weighted by atomic mass is 9.95. The quantitative estimate of drug-likeness (QED) is 0.175. The van der Waals surface area contributed by atoms with Crippen molar-refractivity contribution in [2.45, 2.75) is 0 Å². The molecule has 8 aromatic carbocycles. The highest BCUT2D eigenvalue weighted by Crippen LogP contribution is 2.42. The van der Waals surface area contributed by atoms with Gasteiger partial charge in [-0.3, -0.25) is 0 Å². The summed E-state index contributed by atoms with van der Waals surface area (Å²) in [5, 5.41) is 6.27. The molecule has 4 aromatic heterocycles. The van der Waals surface area contributed by atoms with E-state index in [-0.39, 0.29) is 0 Å². The van der Waals surface area contributed by atoms with E-state index < -0.39 is 0 Å². The molecule has 12 rings (SSSR count). The van der Waals surface area contributed by atoms with Gasteiger partial charge in [-0.2, -0.15) is 0 Å². The van der Waals surface area contributed by atoms with Crippen molar-refractivity contribution in [3.05, 3.63) is 176 Å². The second kappa shape index (κ2) is 12.3. The van der Waals surface area contributed by atoms with Crippen molar-refractivity contribution in [3.8, 4) is 56.4 Å². The molecule has 0 N–H and O–H groups in total. The maximum atomic E-state index is 6.55. The minimum absolute atomic E-state index is 0.535. The molecule has 0 saturated heterocycles. The van der Waals surface area contributed by atoms with Gasteiger partial charge in [0.05, 0.1) is 5.56 Å². The Labute approximate surface area is 325 Å². The highest BCUT2D eigenvalue weighted by atomic mass is 16.3. The van der Waals surface area contributed by atoms with Crippen LogP contribution in [0.4, 0.5) is 0 Å². The van der Waals surface area contributed by atoms with Crippen molar-refractivity contribution >= 4 is 65.8 Å². The number of furan rings is 3. The van der Waals surface area contributed by atoms with Crippen molar-refractivity contribution in [3.63, 3.8) is 0 Å². The molecule has 0 aliphatic heterocycles. The first-order chi connectivity index (χ1) is 28.2. The number of aromatic nitrogens is 3. The second-order valence-corrected chi connectivity index (χ2v) is 14.3. The van der Waals surface area contributed by atoms with E-state index in [9.17, 15) is 0 Å². The molecular formula is C51H29N3O3. The van der Waals surface area contributed by atoms with Crippen LogP contribution in [0.1, 0.15) is 0 Å². The molecule has 0 saturated carbocycles. The Morgan fingerprint density at radius 3 is 1.60 bits per heavy atom. The Bertz CT molecular complexity index is 3530. The van der Waals surface area contributed by atoms with Gasteiger partial charge in [0.15, 0.2) is 17.5 Å². The zero-order valence-corrected chi connectivity index (χ0v) is 30.3. The fourth-order valence-electron chi connectivity index (χ4n) is 8.19. The first-order valence-electron chi connectivity index (χ1n) is 18.9. The van der Waals surface area contributed by atoms with E-state index in [1.54, 1.807) is 0 Å². The van der Waals surface area contributed by atoms with Crippen molar-refractivity contribution in [2.24, 2.45) is 0 Å². The van der Waals surface area contributed by atoms with E-state index in [1.165, 1.54) is 0 Å². The van der Waals surface area contributed by atoms with Crippen LogP contribution in [0.5, 0.6) is 0 Å². The molecule has 0 fully saturated rings. The largest absolute Gasteiger partial charge is 0.456 e. The summed E-state index contributed by atoms with van der Waals surface area (Å²) in [6.07, 6.45) is 0. The molecule has 0 spiro atoms. The molecular weight excluding hydrogens is 703 g/mol. The standard InChI is InChI=1S/C51H29N3O3/c1-3-12-30(13-4-1)34-27-40(48-42(28-34)36-17-8-10-21-44(36)57-48)32-23-25-45-41(26-32)37-24-22-33(29-46(37)55-45)50-52-49(31-14-5-2-6-15-31)53-51(54-50)39-19-11-18-38-35-16-7-9-20-43(35)56-47(38)39/h1-29H. The average Bonchev–Trinajstić information content (AvgIpc) is 3.97. The van der Waals surface area contributed by atoms with Gasteiger partial charge in [-0.15, -0.1) is 0 Å². The van der Waals surface area contributed by atoms with Crippen molar-refractivity contribution in [1.82, 2.24) is 15.0 Å². The predicted octanol–water partition coefficient (Wildman–Crippen LogP) is 13.9. The molecule has 0 bridgehead atoms. The highest BCUT2D eigenvalue weighted by molar-refractivity contribution is 6.13. The first-order valence-corrected chi connectivity index (χ1v) is 18.9. The normalized spacial score (nSPS) is 11.9. The molecule has 4 heterocycles. The monoisotopic (exact) mass is 731 g/mol. The van der Waals surface area contributed by atoms with Crippen LogP contribution in [-0.4, -0.2) is 15.0 Å². The number of hydrogen-bond acceptors (Lipinski definition) is 6. The maximum absolute atomic E-state index is 6.55. The van der Waals surface area contributed by atoms with Gasteiger partial charge in [-0.25, -0.2) is 15.0 Å². The van der Waals surface area contributed by atoms with Crippen LogP contribution in [-0.2, 0) is 0 Å². The van der Waals surface area contributed by atoms with Gasteiger partial charge in [0, 0.05) is 49.0 Å². The fourth-order valence-corrected chi connectivity index (χ4v) is 8.19. The summed E-state index contributed by atoms with van der Waals surface area (Å²) in [5.74, 6) is 1.65. The number of fused-ring (bicyclic) bond motifs is 9.